The Bertz CT molecular complexity index is 835. The van der Waals surface area contributed by atoms with Gasteiger partial charge in [0.15, 0.2) is 11.5 Å². The lowest BCUT2D eigenvalue weighted by Crippen LogP contribution is -2.40. The van der Waals surface area contributed by atoms with Crippen molar-refractivity contribution in [3.05, 3.63) is 29.1 Å². The number of amides is 1. The summed E-state index contributed by atoms with van der Waals surface area (Å²) in [7, 11) is 0. The van der Waals surface area contributed by atoms with Crippen LogP contribution in [0.2, 0.25) is 5.02 Å². The van der Waals surface area contributed by atoms with Gasteiger partial charge < -0.3 is 14.6 Å². The molecule has 1 amide bonds. The molecule has 3 heterocycles. The molecule has 1 aromatic carbocycles. The van der Waals surface area contributed by atoms with E-state index in [2.05, 4.69) is 15.2 Å². The molecule has 1 atom stereocenters. The summed E-state index contributed by atoms with van der Waals surface area (Å²) >= 11 is 6.04. The Morgan fingerprint density at radius 3 is 2.81 bits per heavy atom. The van der Waals surface area contributed by atoms with Crippen LogP contribution in [0.3, 0.4) is 0 Å². The first-order valence-corrected chi connectivity index (χ1v) is 10.1. The molecule has 138 valence electrons. The summed E-state index contributed by atoms with van der Waals surface area (Å²) < 4.78 is 5.93. The largest absolute Gasteiger partial charge is 0.440 e. The van der Waals surface area contributed by atoms with E-state index in [0.717, 1.165) is 75.3 Å². The molecule has 3 fully saturated rings. The maximum atomic E-state index is 12.9. The third-order valence-corrected chi connectivity index (χ3v) is 6.84. The fraction of sp³-hybridized carbons (Fsp3) is 0.600. The van der Waals surface area contributed by atoms with Crippen molar-refractivity contribution in [2.45, 2.75) is 38.0 Å². The van der Waals surface area contributed by atoms with E-state index >= 15 is 0 Å². The number of likely N-dealkylation sites (tertiary alicyclic amines) is 1. The highest BCUT2D eigenvalue weighted by molar-refractivity contribution is 6.31. The van der Waals surface area contributed by atoms with Gasteiger partial charge in [-0.25, -0.2) is 4.98 Å². The number of rotatable bonds is 2. The predicted molar refractivity (Wildman–Crippen MR) is 100 cm³/mol. The summed E-state index contributed by atoms with van der Waals surface area (Å²) in [4.78, 5) is 19.6. The SMILES string of the molecule is O=C(C1CC12CCNCC2)N1CCC(c2nc3cc(Cl)ccc3o2)CC1. The van der Waals surface area contributed by atoms with E-state index in [-0.39, 0.29) is 11.8 Å². The van der Waals surface area contributed by atoms with Crippen LogP contribution in [-0.2, 0) is 4.79 Å². The number of fused-ring (bicyclic) bond motifs is 1. The number of piperidine rings is 2. The molecule has 1 spiro atoms. The van der Waals surface area contributed by atoms with Crippen LogP contribution >= 0.6 is 11.6 Å². The van der Waals surface area contributed by atoms with Crippen molar-refractivity contribution in [3.63, 3.8) is 0 Å². The summed E-state index contributed by atoms with van der Waals surface area (Å²) in [5.74, 6) is 1.73. The van der Waals surface area contributed by atoms with Crippen molar-refractivity contribution in [1.29, 1.82) is 0 Å². The van der Waals surface area contributed by atoms with Crippen molar-refractivity contribution in [1.82, 2.24) is 15.2 Å². The number of nitrogens with zero attached hydrogens (tertiary/aromatic N) is 2. The monoisotopic (exact) mass is 373 g/mol. The molecule has 26 heavy (non-hydrogen) atoms. The number of nitrogens with one attached hydrogen (secondary N) is 1. The molecule has 1 aliphatic carbocycles. The van der Waals surface area contributed by atoms with Crippen LogP contribution in [0.25, 0.3) is 11.1 Å². The van der Waals surface area contributed by atoms with Crippen molar-refractivity contribution < 1.29 is 9.21 Å². The van der Waals surface area contributed by atoms with Gasteiger partial charge in [-0.3, -0.25) is 4.79 Å². The van der Waals surface area contributed by atoms with Crippen LogP contribution in [0.15, 0.2) is 22.6 Å². The maximum Gasteiger partial charge on any atom is 0.226 e. The maximum absolute atomic E-state index is 12.9. The van der Waals surface area contributed by atoms with Gasteiger partial charge in [0.05, 0.1) is 0 Å². The molecule has 2 saturated heterocycles. The minimum absolute atomic E-state index is 0.271. The minimum atomic E-state index is 0.271. The van der Waals surface area contributed by atoms with E-state index in [1.807, 2.05) is 18.2 Å². The van der Waals surface area contributed by atoms with E-state index in [9.17, 15) is 4.79 Å². The topological polar surface area (TPSA) is 58.4 Å². The molecule has 2 aliphatic heterocycles. The number of carbonyl (C=O) groups is 1. The third-order valence-electron chi connectivity index (χ3n) is 6.61. The standard InChI is InChI=1S/C20H24ClN3O2/c21-14-1-2-17-16(11-14)23-18(26-17)13-3-9-24(10-4-13)19(25)15-12-20(15)5-7-22-8-6-20/h1-2,11,13,15,22H,3-10,12H2. The highest BCUT2D eigenvalue weighted by Gasteiger charge is 2.58. The Hall–Kier alpha value is -1.59. The first-order chi connectivity index (χ1) is 12.6. The van der Waals surface area contributed by atoms with Gasteiger partial charge in [-0.05, 0) is 68.8 Å². The van der Waals surface area contributed by atoms with Gasteiger partial charge in [0.1, 0.15) is 5.52 Å². The second kappa shape index (κ2) is 6.24. The van der Waals surface area contributed by atoms with Crippen LogP contribution in [0, 0.1) is 11.3 Å². The second-order valence-electron chi connectivity index (χ2n) is 8.13. The zero-order valence-electron chi connectivity index (χ0n) is 14.8. The zero-order chi connectivity index (χ0) is 17.7. The van der Waals surface area contributed by atoms with Gasteiger partial charge >= 0.3 is 0 Å². The van der Waals surface area contributed by atoms with E-state index in [1.54, 1.807) is 0 Å². The second-order valence-corrected chi connectivity index (χ2v) is 8.57. The van der Waals surface area contributed by atoms with E-state index < -0.39 is 0 Å². The third kappa shape index (κ3) is 2.81. The van der Waals surface area contributed by atoms with Crippen molar-refractivity contribution >= 4 is 28.6 Å². The summed E-state index contributed by atoms with van der Waals surface area (Å²) in [6, 6.07) is 5.54. The zero-order valence-corrected chi connectivity index (χ0v) is 15.6. The molecular weight excluding hydrogens is 350 g/mol. The van der Waals surface area contributed by atoms with Crippen LogP contribution in [0.4, 0.5) is 0 Å². The van der Waals surface area contributed by atoms with Crippen molar-refractivity contribution in [3.8, 4) is 0 Å². The lowest BCUT2D eigenvalue weighted by Gasteiger charge is -2.32. The lowest BCUT2D eigenvalue weighted by molar-refractivity contribution is -0.134. The molecule has 2 aromatic rings. The summed E-state index contributed by atoms with van der Waals surface area (Å²) in [5, 5.41) is 4.08. The quantitative estimate of drug-likeness (QED) is 0.874. The van der Waals surface area contributed by atoms with Gasteiger partial charge in [0.2, 0.25) is 5.91 Å². The number of hydrogen-bond donors (Lipinski definition) is 1. The normalized spacial score (nSPS) is 25.7. The van der Waals surface area contributed by atoms with Crippen molar-refractivity contribution in [2.75, 3.05) is 26.2 Å². The molecule has 1 aromatic heterocycles. The van der Waals surface area contributed by atoms with Crippen molar-refractivity contribution in [2.24, 2.45) is 11.3 Å². The number of benzene rings is 1. The summed E-state index contributed by atoms with van der Waals surface area (Å²) in [5.41, 5.74) is 1.92. The number of halogens is 1. The molecular formula is C20H24ClN3O2. The Morgan fingerprint density at radius 1 is 1.27 bits per heavy atom. The fourth-order valence-electron chi connectivity index (χ4n) is 4.83. The molecule has 0 radical (unpaired) electrons. The van der Waals surface area contributed by atoms with Crippen LogP contribution in [-0.4, -0.2) is 42.0 Å². The number of hydrogen-bond acceptors (Lipinski definition) is 4. The van der Waals surface area contributed by atoms with E-state index in [1.165, 1.54) is 0 Å². The average molecular weight is 374 g/mol. The van der Waals surface area contributed by atoms with Crippen LogP contribution in [0.1, 0.15) is 43.9 Å². The lowest BCUT2D eigenvalue weighted by atomic mass is 9.91. The summed E-state index contributed by atoms with van der Waals surface area (Å²) in [6.45, 7) is 3.75. The smallest absolute Gasteiger partial charge is 0.226 e. The van der Waals surface area contributed by atoms with E-state index in [0.29, 0.717) is 16.3 Å². The van der Waals surface area contributed by atoms with E-state index in [4.69, 9.17) is 16.0 Å². The molecule has 1 saturated carbocycles. The number of aromatic nitrogens is 1. The highest BCUT2D eigenvalue weighted by atomic mass is 35.5. The van der Waals surface area contributed by atoms with Gasteiger partial charge in [0.25, 0.3) is 0 Å². The Balaban J connectivity index is 1.22. The Labute approximate surface area is 158 Å². The van der Waals surface area contributed by atoms with Gasteiger partial charge in [-0.2, -0.15) is 0 Å². The molecule has 3 aliphatic rings. The molecule has 5 rings (SSSR count). The highest BCUT2D eigenvalue weighted by Crippen LogP contribution is 2.59. The predicted octanol–water partition coefficient (Wildman–Crippen LogP) is 3.58. The average Bonchev–Trinajstić information content (AvgIpc) is 3.18. The van der Waals surface area contributed by atoms with Gasteiger partial charge in [-0.15, -0.1) is 0 Å². The first kappa shape index (κ1) is 16.6. The minimum Gasteiger partial charge on any atom is -0.440 e. The molecule has 1 N–H and O–H groups in total. The molecule has 5 nitrogen and oxygen atoms in total. The number of oxazole rings is 1. The van der Waals surface area contributed by atoms with Gasteiger partial charge in [0, 0.05) is 29.9 Å². The Morgan fingerprint density at radius 2 is 2.04 bits per heavy atom. The molecule has 6 heteroatoms. The molecule has 1 unspecified atom stereocenters. The first-order valence-electron chi connectivity index (χ1n) is 9.70. The van der Waals surface area contributed by atoms with Crippen LogP contribution in [0.5, 0.6) is 0 Å². The molecule has 0 bridgehead atoms. The van der Waals surface area contributed by atoms with Crippen LogP contribution < -0.4 is 5.32 Å². The summed E-state index contributed by atoms with van der Waals surface area (Å²) in [6.07, 6.45) is 5.26. The van der Waals surface area contributed by atoms with Gasteiger partial charge in [-0.1, -0.05) is 11.6 Å². The fourth-order valence-corrected chi connectivity index (χ4v) is 5.00. The Kier molecular flexibility index (Phi) is 3.98. The number of carbonyl (C=O) groups excluding carboxylic acids is 1.